The maximum atomic E-state index is 12.5. The van der Waals surface area contributed by atoms with Crippen LogP contribution in [0.15, 0.2) is 30.4 Å². The summed E-state index contributed by atoms with van der Waals surface area (Å²) in [6.45, 7) is 2.40. The van der Waals surface area contributed by atoms with Crippen LogP contribution < -0.4 is 15.0 Å². The van der Waals surface area contributed by atoms with Gasteiger partial charge in [-0.15, -0.1) is 0 Å². The van der Waals surface area contributed by atoms with Crippen LogP contribution in [0.3, 0.4) is 0 Å². The highest BCUT2D eigenvalue weighted by Crippen LogP contribution is 2.34. The van der Waals surface area contributed by atoms with Gasteiger partial charge in [-0.05, 0) is 31.0 Å². The van der Waals surface area contributed by atoms with Crippen molar-refractivity contribution in [2.75, 3.05) is 25.2 Å². The van der Waals surface area contributed by atoms with Crippen molar-refractivity contribution in [3.8, 4) is 5.75 Å². The van der Waals surface area contributed by atoms with E-state index in [2.05, 4.69) is 5.32 Å². The molecule has 2 aliphatic rings. The topological polar surface area (TPSA) is 78.9 Å². The van der Waals surface area contributed by atoms with Crippen LogP contribution in [0.25, 0.3) is 0 Å². The zero-order valence-corrected chi connectivity index (χ0v) is 14.6. The second-order valence-corrected chi connectivity index (χ2v) is 6.76. The van der Waals surface area contributed by atoms with Gasteiger partial charge in [-0.3, -0.25) is 9.59 Å². The van der Waals surface area contributed by atoms with E-state index < -0.39 is 0 Å². The lowest BCUT2D eigenvalue weighted by Crippen LogP contribution is -2.38. The number of benzene rings is 1. The van der Waals surface area contributed by atoms with Crippen molar-refractivity contribution in [3.05, 3.63) is 35.9 Å². The molecule has 6 heteroatoms. The highest BCUT2D eigenvalue weighted by molar-refractivity contribution is 6.01. The van der Waals surface area contributed by atoms with Crippen molar-refractivity contribution < 1.29 is 19.4 Å². The van der Waals surface area contributed by atoms with Crippen molar-refractivity contribution in [2.24, 2.45) is 11.8 Å². The lowest BCUT2D eigenvalue weighted by atomic mass is 10.1. The van der Waals surface area contributed by atoms with Crippen molar-refractivity contribution in [3.63, 3.8) is 0 Å². The van der Waals surface area contributed by atoms with Crippen LogP contribution in [-0.4, -0.2) is 43.2 Å². The van der Waals surface area contributed by atoms with E-state index in [9.17, 15) is 9.59 Å². The second-order valence-electron chi connectivity index (χ2n) is 6.76. The average molecular weight is 344 g/mol. The molecule has 1 fully saturated rings. The van der Waals surface area contributed by atoms with Crippen LogP contribution in [0, 0.1) is 18.8 Å². The number of rotatable bonds is 5. The highest BCUT2D eigenvalue weighted by Gasteiger charge is 2.37. The molecule has 1 heterocycles. The Morgan fingerprint density at radius 2 is 2.20 bits per heavy atom. The first kappa shape index (κ1) is 17.5. The molecule has 2 N–H and O–H groups in total. The van der Waals surface area contributed by atoms with Crippen LogP contribution in [0.1, 0.15) is 18.4 Å². The quantitative estimate of drug-likeness (QED) is 0.792. The van der Waals surface area contributed by atoms with Crippen LogP contribution >= 0.6 is 0 Å². The van der Waals surface area contributed by atoms with Crippen molar-refractivity contribution in [1.82, 2.24) is 5.32 Å². The Bertz CT molecular complexity index is 701. The van der Waals surface area contributed by atoms with Gasteiger partial charge in [0.05, 0.1) is 18.7 Å². The normalized spacial score (nSPS) is 25.5. The fraction of sp³-hybridized carbons (Fsp3) is 0.474. The van der Waals surface area contributed by atoms with Gasteiger partial charge in [0.25, 0.3) is 0 Å². The summed E-state index contributed by atoms with van der Waals surface area (Å²) in [4.78, 5) is 26.6. The third-order valence-corrected chi connectivity index (χ3v) is 4.86. The molecule has 3 rings (SSSR count). The molecule has 1 aromatic carbocycles. The molecule has 1 aromatic rings. The smallest absolute Gasteiger partial charge is 0.227 e. The van der Waals surface area contributed by atoms with Crippen LogP contribution in [0.5, 0.6) is 5.75 Å². The summed E-state index contributed by atoms with van der Waals surface area (Å²) in [5, 5.41) is 12.1. The Morgan fingerprint density at radius 1 is 1.40 bits per heavy atom. The lowest BCUT2D eigenvalue weighted by molar-refractivity contribution is -0.126. The molecule has 6 nitrogen and oxygen atoms in total. The Labute approximate surface area is 147 Å². The number of amides is 2. The first-order chi connectivity index (χ1) is 12.0. The number of aliphatic hydroxyl groups excluding tert-OH is 1. The fourth-order valence-corrected chi connectivity index (χ4v) is 3.44. The third kappa shape index (κ3) is 3.69. The number of carbonyl (C=O) groups excluding carboxylic acids is 2. The molecule has 134 valence electrons. The number of nitrogens with one attached hydrogen (secondary N) is 1. The molecule has 1 saturated heterocycles. The molecule has 1 aliphatic heterocycles. The monoisotopic (exact) mass is 344 g/mol. The van der Waals surface area contributed by atoms with Crippen molar-refractivity contribution in [2.45, 2.75) is 25.8 Å². The van der Waals surface area contributed by atoms with Crippen LogP contribution in [0.4, 0.5) is 5.69 Å². The Morgan fingerprint density at radius 3 is 2.88 bits per heavy atom. The number of hydrogen-bond acceptors (Lipinski definition) is 4. The Balaban J connectivity index is 1.67. The average Bonchev–Trinajstić information content (AvgIpc) is 3.21. The molecular weight excluding hydrogens is 320 g/mol. The number of carbonyl (C=O) groups is 2. The molecule has 0 aromatic heterocycles. The van der Waals surface area contributed by atoms with E-state index in [1.54, 1.807) is 12.0 Å². The van der Waals surface area contributed by atoms with Gasteiger partial charge in [0.1, 0.15) is 5.75 Å². The van der Waals surface area contributed by atoms with Crippen molar-refractivity contribution in [1.29, 1.82) is 0 Å². The van der Waals surface area contributed by atoms with Crippen molar-refractivity contribution >= 4 is 17.5 Å². The highest BCUT2D eigenvalue weighted by atomic mass is 16.5. The molecule has 0 saturated carbocycles. The Hall–Kier alpha value is -2.34. The van der Waals surface area contributed by atoms with E-state index in [0.29, 0.717) is 24.4 Å². The Kier molecular flexibility index (Phi) is 5.08. The summed E-state index contributed by atoms with van der Waals surface area (Å²) >= 11 is 0. The standard InChI is InChI=1S/C19H24N2O4/c1-12-3-6-17(25-2)16(7-12)21-10-14(9-18(21)23)19(24)20-15-5-4-13(8-15)11-22/h3-7,13-15,22H,8-11H2,1-2H3,(H,20,24)/t13-,14?,15+/m0/s1. The summed E-state index contributed by atoms with van der Waals surface area (Å²) in [5.74, 6) is 0.169. The van der Waals surface area contributed by atoms with Crippen LogP contribution in [0.2, 0.25) is 0 Å². The van der Waals surface area contributed by atoms with E-state index in [4.69, 9.17) is 9.84 Å². The van der Waals surface area contributed by atoms with E-state index in [1.165, 1.54) is 0 Å². The second kappa shape index (κ2) is 7.27. The zero-order chi connectivity index (χ0) is 18.0. The van der Waals surface area contributed by atoms with Gasteiger partial charge < -0.3 is 20.1 Å². The number of hydrogen-bond donors (Lipinski definition) is 2. The minimum absolute atomic E-state index is 0.0673. The first-order valence-corrected chi connectivity index (χ1v) is 8.56. The summed E-state index contributed by atoms with van der Waals surface area (Å²) in [5.41, 5.74) is 1.74. The minimum Gasteiger partial charge on any atom is -0.495 e. The maximum Gasteiger partial charge on any atom is 0.227 e. The van der Waals surface area contributed by atoms with E-state index in [1.807, 2.05) is 37.3 Å². The summed E-state index contributed by atoms with van der Waals surface area (Å²) in [7, 11) is 1.57. The van der Waals surface area contributed by atoms with Crippen LogP contribution in [-0.2, 0) is 9.59 Å². The zero-order valence-electron chi connectivity index (χ0n) is 14.6. The molecule has 2 amide bonds. The molecule has 0 bridgehead atoms. The van der Waals surface area contributed by atoms with E-state index >= 15 is 0 Å². The number of methoxy groups -OCH3 is 1. The predicted octanol–water partition coefficient (Wildman–Crippen LogP) is 1.41. The lowest BCUT2D eigenvalue weighted by Gasteiger charge is -2.20. The van der Waals surface area contributed by atoms with Gasteiger partial charge in [0.15, 0.2) is 0 Å². The number of aliphatic hydroxyl groups is 1. The summed E-state index contributed by atoms with van der Waals surface area (Å²) in [6.07, 6.45) is 4.74. The predicted molar refractivity (Wildman–Crippen MR) is 94.5 cm³/mol. The van der Waals surface area contributed by atoms with Gasteiger partial charge in [-0.1, -0.05) is 18.2 Å². The largest absolute Gasteiger partial charge is 0.495 e. The molecular formula is C19H24N2O4. The molecule has 0 spiro atoms. The number of ether oxygens (including phenoxy) is 1. The summed E-state index contributed by atoms with van der Waals surface area (Å²) < 4.78 is 5.36. The van der Waals surface area contributed by atoms with E-state index in [0.717, 1.165) is 5.56 Å². The SMILES string of the molecule is COc1ccc(C)cc1N1CC(C(=O)N[C@@H]2C=C[C@H](CO)C2)CC1=O. The van der Waals surface area contributed by atoms with Gasteiger partial charge >= 0.3 is 0 Å². The fourth-order valence-electron chi connectivity index (χ4n) is 3.44. The molecule has 1 aliphatic carbocycles. The molecule has 3 atom stereocenters. The third-order valence-electron chi connectivity index (χ3n) is 4.86. The number of anilines is 1. The summed E-state index contributed by atoms with van der Waals surface area (Å²) in [6, 6.07) is 5.60. The van der Waals surface area contributed by atoms with E-state index in [-0.39, 0.29) is 42.7 Å². The maximum absolute atomic E-state index is 12.5. The molecule has 1 unspecified atom stereocenters. The number of aryl methyl sites for hydroxylation is 1. The molecule has 0 radical (unpaired) electrons. The number of nitrogens with zero attached hydrogens (tertiary/aromatic N) is 1. The van der Waals surface area contributed by atoms with Gasteiger partial charge in [-0.25, -0.2) is 0 Å². The van der Waals surface area contributed by atoms with Gasteiger partial charge in [0.2, 0.25) is 11.8 Å². The minimum atomic E-state index is -0.376. The van der Waals surface area contributed by atoms with Gasteiger partial charge in [0, 0.05) is 31.5 Å². The molecule has 25 heavy (non-hydrogen) atoms. The first-order valence-electron chi connectivity index (χ1n) is 8.56. The van der Waals surface area contributed by atoms with Gasteiger partial charge in [-0.2, -0.15) is 0 Å².